The van der Waals surface area contributed by atoms with Gasteiger partial charge in [0, 0.05) is 30.7 Å². The van der Waals surface area contributed by atoms with Crippen LogP contribution in [-0.4, -0.2) is 4.98 Å². The summed E-state index contributed by atoms with van der Waals surface area (Å²) in [6.45, 7) is 0.854. The Hall–Kier alpha value is -1.87. The maximum Gasteiger partial charge on any atom is 0.0326 e. The van der Waals surface area contributed by atoms with Gasteiger partial charge in [-0.15, -0.1) is 0 Å². The van der Waals surface area contributed by atoms with Gasteiger partial charge in [-0.2, -0.15) is 0 Å². The lowest BCUT2D eigenvalue weighted by Gasteiger charge is -2.27. The highest BCUT2D eigenvalue weighted by molar-refractivity contribution is 5.47. The van der Waals surface area contributed by atoms with E-state index in [1.165, 1.54) is 36.0 Å². The first-order valence-corrected chi connectivity index (χ1v) is 6.83. The highest BCUT2D eigenvalue weighted by Gasteiger charge is 2.19. The SMILES string of the molecule is Nc1ccc2c(c1)C(NCc1cccnc1)CCC2. The number of pyridine rings is 1. The summed E-state index contributed by atoms with van der Waals surface area (Å²) in [5.41, 5.74) is 10.8. The Bertz CT molecular complexity index is 551. The van der Waals surface area contributed by atoms with E-state index in [2.05, 4.69) is 28.5 Å². The highest BCUT2D eigenvalue weighted by Crippen LogP contribution is 2.31. The normalized spacial score (nSPS) is 18.0. The Morgan fingerprint density at radius 2 is 2.26 bits per heavy atom. The molecule has 0 fully saturated rings. The molecular weight excluding hydrogens is 234 g/mol. The van der Waals surface area contributed by atoms with Crippen molar-refractivity contribution in [1.82, 2.24) is 10.3 Å². The second-order valence-corrected chi connectivity index (χ2v) is 5.15. The van der Waals surface area contributed by atoms with Gasteiger partial charge < -0.3 is 11.1 Å². The van der Waals surface area contributed by atoms with Crippen molar-refractivity contribution in [3.05, 3.63) is 59.4 Å². The first kappa shape index (κ1) is 12.2. The molecule has 0 aliphatic heterocycles. The third-order valence-corrected chi connectivity index (χ3v) is 3.76. The number of aromatic nitrogens is 1. The van der Waals surface area contributed by atoms with E-state index in [9.17, 15) is 0 Å². The number of hydrogen-bond donors (Lipinski definition) is 2. The number of hydrogen-bond acceptors (Lipinski definition) is 3. The number of rotatable bonds is 3. The minimum atomic E-state index is 0.410. The van der Waals surface area contributed by atoms with Crippen LogP contribution in [0.25, 0.3) is 0 Å². The van der Waals surface area contributed by atoms with E-state index in [1.54, 1.807) is 6.20 Å². The molecule has 2 aromatic rings. The van der Waals surface area contributed by atoms with Crippen molar-refractivity contribution in [2.75, 3.05) is 5.73 Å². The van der Waals surface area contributed by atoms with Gasteiger partial charge in [0.05, 0.1) is 0 Å². The zero-order valence-corrected chi connectivity index (χ0v) is 11.0. The largest absolute Gasteiger partial charge is 0.399 e. The molecule has 0 saturated heterocycles. The third kappa shape index (κ3) is 2.76. The first-order chi connectivity index (χ1) is 9.33. The van der Waals surface area contributed by atoms with E-state index >= 15 is 0 Å². The van der Waals surface area contributed by atoms with Gasteiger partial charge in [-0.1, -0.05) is 12.1 Å². The number of aryl methyl sites for hydroxylation is 1. The second-order valence-electron chi connectivity index (χ2n) is 5.15. The molecule has 1 aromatic heterocycles. The van der Waals surface area contributed by atoms with Crippen molar-refractivity contribution < 1.29 is 0 Å². The van der Waals surface area contributed by atoms with E-state index in [0.717, 1.165) is 12.2 Å². The first-order valence-electron chi connectivity index (χ1n) is 6.83. The number of nitrogens with zero attached hydrogens (tertiary/aromatic N) is 1. The minimum absolute atomic E-state index is 0.410. The quantitative estimate of drug-likeness (QED) is 0.827. The molecule has 0 saturated carbocycles. The van der Waals surface area contributed by atoms with E-state index in [1.807, 2.05) is 18.3 Å². The van der Waals surface area contributed by atoms with Gasteiger partial charge in [0.25, 0.3) is 0 Å². The number of fused-ring (bicyclic) bond motifs is 1. The van der Waals surface area contributed by atoms with E-state index in [4.69, 9.17) is 5.73 Å². The molecule has 3 heteroatoms. The van der Waals surface area contributed by atoms with Crippen LogP contribution in [0.2, 0.25) is 0 Å². The fraction of sp³-hybridized carbons (Fsp3) is 0.312. The molecule has 0 radical (unpaired) electrons. The number of nitrogens with one attached hydrogen (secondary N) is 1. The highest BCUT2D eigenvalue weighted by atomic mass is 14.9. The average Bonchev–Trinajstić information content (AvgIpc) is 2.46. The van der Waals surface area contributed by atoms with Crippen LogP contribution in [0.4, 0.5) is 5.69 Å². The Kier molecular flexibility index (Phi) is 3.47. The summed E-state index contributed by atoms with van der Waals surface area (Å²) in [6, 6.07) is 10.8. The number of nitrogens with two attached hydrogens (primary N) is 1. The lowest BCUT2D eigenvalue weighted by molar-refractivity contribution is 0.459. The van der Waals surface area contributed by atoms with Gasteiger partial charge in [0.15, 0.2) is 0 Å². The number of anilines is 1. The molecule has 0 bridgehead atoms. The Balaban J connectivity index is 1.75. The fourth-order valence-electron chi connectivity index (χ4n) is 2.77. The molecule has 19 heavy (non-hydrogen) atoms. The Morgan fingerprint density at radius 1 is 1.32 bits per heavy atom. The molecule has 1 aliphatic rings. The molecule has 1 atom stereocenters. The molecule has 3 nitrogen and oxygen atoms in total. The van der Waals surface area contributed by atoms with Gasteiger partial charge in [-0.05, 0) is 54.2 Å². The second kappa shape index (κ2) is 5.41. The van der Waals surface area contributed by atoms with Crippen LogP contribution in [-0.2, 0) is 13.0 Å². The van der Waals surface area contributed by atoms with Gasteiger partial charge in [0.1, 0.15) is 0 Å². The summed E-state index contributed by atoms with van der Waals surface area (Å²) < 4.78 is 0. The zero-order valence-electron chi connectivity index (χ0n) is 11.0. The van der Waals surface area contributed by atoms with Crippen molar-refractivity contribution in [2.45, 2.75) is 31.8 Å². The molecule has 1 aromatic carbocycles. The van der Waals surface area contributed by atoms with Crippen molar-refractivity contribution in [2.24, 2.45) is 0 Å². The molecule has 1 aliphatic carbocycles. The van der Waals surface area contributed by atoms with Crippen LogP contribution >= 0.6 is 0 Å². The Morgan fingerprint density at radius 3 is 3.11 bits per heavy atom. The number of nitrogen functional groups attached to an aromatic ring is 1. The maximum absolute atomic E-state index is 5.91. The molecule has 3 N–H and O–H groups in total. The Labute approximate surface area is 113 Å². The standard InChI is InChI=1S/C16H19N3/c17-14-7-6-13-4-1-5-16(15(13)9-14)19-11-12-3-2-8-18-10-12/h2-3,6-10,16,19H,1,4-5,11,17H2. The van der Waals surface area contributed by atoms with Crippen LogP contribution in [0, 0.1) is 0 Å². The van der Waals surface area contributed by atoms with Gasteiger partial charge in [0.2, 0.25) is 0 Å². The summed E-state index contributed by atoms with van der Waals surface area (Å²) in [5, 5.41) is 3.63. The lowest BCUT2D eigenvalue weighted by Crippen LogP contribution is -2.25. The maximum atomic E-state index is 5.91. The zero-order chi connectivity index (χ0) is 13.1. The summed E-state index contributed by atoms with van der Waals surface area (Å²) in [4.78, 5) is 4.15. The topological polar surface area (TPSA) is 50.9 Å². The van der Waals surface area contributed by atoms with Crippen molar-refractivity contribution in [3.8, 4) is 0 Å². The predicted octanol–water partition coefficient (Wildman–Crippen LogP) is 2.83. The van der Waals surface area contributed by atoms with Crippen LogP contribution in [0.1, 0.15) is 35.6 Å². The summed E-state index contributed by atoms with van der Waals surface area (Å²) >= 11 is 0. The molecule has 3 rings (SSSR count). The number of benzene rings is 1. The van der Waals surface area contributed by atoms with E-state index in [-0.39, 0.29) is 0 Å². The monoisotopic (exact) mass is 253 g/mol. The van der Waals surface area contributed by atoms with Crippen molar-refractivity contribution >= 4 is 5.69 Å². The fourth-order valence-corrected chi connectivity index (χ4v) is 2.77. The van der Waals surface area contributed by atoms with E-state index in [0.29, 0.717) is 6.04 Å². The van der Waals surface area contributed by atoms with Crippen molar-refractivity contribution in [1.29, 1.82) is 0 Å². The average molecular weight is 253 g/mol. The third-order valence-electron chi connectivity index (χ3n) is 3.76. The lowest BCUT2D eigenvalue weighted by atomic mass is 9.87. The molecular formula is C16H19N3. The van der Waals surface area contributed by atoms with Gasteiger partial charge in [-0.25, -0.2) is 0 Å². The smallest absolute Gasteiger partial charge is 0.0326 e. The minimum Gasteiger partial charge on any atom is -0.399 e. The van der Waals surface area contributed by atoms with Crippen LogP contribution in [0.15, 0.2) is 42.7 Å². The summed E-state index contributed by atoms with van der Waals surface area (Å²) in [6.07, 6.45) is 7.30. The summed E-state index contributed by atoms with van der Waals surface area (Å²) in [7, 11) is 0. The van der Waals surface area contributed by atoms with E-state index < -0.39 is 0 Å². The van der Waals surface area contributed by atoms with Crippen molar-refractivity contribution in [3.63, 3.8) is 0 Å². The van der Waals surface area contributed by atoms with Crippen LogP contribution in [0.3, 0.4) is 0 Å². The molecule has 1 heterocycles. The molecule has 98 valence electrons. The predicted molar refractivity (Wildman–Crippen MR) is 77.6 cm³/mol. The van der Waals surface area contributed by atoms with Crippen LogP contribution in [0.5, 0.6) is 0 Å². The van der Waals surface area contributed by atoms with Gasteiger partial charge >= 0.3 is 0 Å². The molecule has 0 amide bonds. The van der Waals surface area contributed by atoms with Gasteiger partial charge in [-0.3, -0.25) is 4.98 Å². The molecule has 1 unspecified atom stereocenters. The van der Waals surface area contributed by atoms with Crippen LogP contribution < -0.4 is 11.1 Å². The summed E-state index contributed by atoms with van der Waals surface area (Å²) in [5.74, 6) is 0. The molecule has 0 spiro atoms.